The number of fused-ring (bicyclic) bond motifs is 5. The molecular weight excluding hydrogens is 738 g/mol. The molecule has 4 fully saturated rings. The molecule has 0 spiro atoms. The van der Waals surface area contributed by atoms with Gasteiger partial charge in [0.25, 0.3) is 0 Å². The Morgan fingerprint density at radius 2 is 1.52 bits per heavy atom. The van der Waals surface area contributed by atoms with Gasteiger partial charge in [-0.25, -0.2) is 0 Å². The fraction of sp³-hybridized carbons (Fsp3) is 1.00. The van der Waals surface area contributed by atoms with Crippen molar-refractivity contribution >= 4 is 0 Å². The molecule has 4 aliphatic carbocycles. The second kappa shape index (κ2) is 8.89. The van der Waals surface area contributed by atoms with Crippen LogP contribution in [0.2, 0.25) is 0 Å². The molecule has 0 aromatic rings. The van der Waals surface area contributed by atoms with E-state index in [1.165, 1.54) is 32.1 Å². The van der Waals surface area contributed by atoms with Crippen molar-refractivity contribution in [1.82, 2.24) is 0 Å². The number of rotatable bonds is 1. The van der Waals surface area contributed by atoms with E-state index in [9.17, 15) is 10.2 Å². The fourth-order valence-corrected chi connectivity index (χ4v) is 8.09. The van der Waals surface area contributed by atoms with Crippen LogP contribution in [0.25, 0.3) is 0 Å². The zero-order chi connectivity index (χ0) is 16.4. The standard InChI is InChI=1S/C21H36O2.2Ac/c1-4-16-19(23)12-18-15-6-5-13-11-14(22)7-9-20(13,2)17(15)8-10-21(16,18)3;;/h13-19,22-23H,4-12H2,1-3H3;;/t13?,14?,15?,16-,17?,18?,19?,20?,21?;;/m0../s1. The zero-order valence-corrected chi connectivity index (χ0v) is 25.9. The summed E-state index contributed by atoms with van der Waals surface area (Å²) in [6.07, 6.45) is 10.7. The molecule has 2 N–H and O–H groups in total. The van der Waals surface area contributed by atoms with Gasteiger partial charge in [-0.1, -0.05) is 27.2 Å². The summed E-state index contributed by atoms with van der Waals surface area (Å²) in [6, 6.07) is 0. The van der Waals surface area contributed by atoms with E-state index in [0.29, 0.717) is 16.7 Å². The normalized spacial score (nSPS) is 54.4. The Bertz CT molecular complexity index is 473. The van der Waals surface area contributed by atoms with E-state index in [4.69, 9.17) is 0 Å². The summed E-state index contributed by atoms with van der Waals surface area (Å²) in [5, 5.41) is 20.8. The van der Waals surface area contributed by atoms with E-state index < -0.39 is 0 Å². The minimum Gasteiger partial charge on any atom is -0.393 e. The van der Waals surface area contributed by atoms with Gasteiger partial charge >= 0.3 is 0 Å². The Balaban J connectivity index is 0.00000113. The minimum atomic E-state index is -0.0625. The van der Waals surface area contributed by atoms with Crippen LogP contribution in [-0.4, -0.2) is 22.4 Å². The third-order valence-electron chi connectivity index (χ3n) is 9.32. The molecule has 0 bridgehead atoms. The van der Waals surface area contributed by atoms with Gasteiger partial charge in [-0.05, 0) is 91.8 Å². The second-order valence-electron chi connectivity index (χ2n) is 9.95. The van der Waals surface area contributed by atoms with Crippen LogP contribution in [0, 0.1) is 129 Å². The Kier molecular flexibility index (Phi) is 8.56. The zero-order valence-electron chi connectivity index (χ0n) is 16.5. The SMILES string of the molecule is CC[C@H]1C(O)CC2C3CCC4CC(O)CCC4(C)C3CCC21C.[Ac].[Ac]. The number of aliphatic hydroxyl groups is 2. The van der Waals surface area contributed by atoms with Crippen LogP contribution in [-0.2, 0) is 0 Å². The van der Waals surface area contributed by atoms with Gasteiger partial charge in [-0.3, -0.25) is 0 Å². The average Bonchev–Trinajstić information content (AvgIpc) is 2.77. The summed E-state index contributed by atoms with van der Waals surface area (Å²) in [6.45, 7) is 7.32. The van der Waals surface area contributed by atoms with Gasteiger partial charge in [-0.15, -0.1) is 0 Å². The molecule has 0 aromatic carbocycles. The van der Waals surface area contributed by atoms with E-state index in [-0.39, 0.29) is 100 Å². The first-order valence-corrected chi connectivity index (χ1v) is 10.3. The molecule has 4 rings (SSSR count). The van der Waals surface area contributed by atoms with E-state index in [0.717, 1.165) is 49.4 Å². The average molecular weight is 775 g/mol. The smallest absolute Gasteiger partial charge is 0.0576 e. The Hall–Kier alpha value is 2.80. The topological polar surface area (TPSA) is 40.5 Å². The van der Waals surface area contributed by atoms with Crippen molar-refractivity contribution in [2.45, 2.75) is 90.8 Å². The predicted molar refractivity (Wildman–Crippen MR) is 92.9 cm³/mol. The molecule has 9 atom stereocenters. The number of hydrogen-bond donors (Lipinski definition) is 2. The van der Waals surface area contributed by atoms with Gasteiger partial charge in [-0.2, -0.15) is 0 Å². The summed E-state index contributed by atoms with van der Waals surface area (Å²) >= 11 is 0. The van der Waals surface area contributed by atoms with Crippen molar-refractivity contribution in [1.29, 1.82) is 0 Å². The maximum Gasteiger partial charge on any atom is 0.0576 e. The second-order valence-corrected chi connectivity index (χ2v) is 9.95. The van der Waals surface area contributed by atoms with E-state index in [1.807, 2.05) is 0 Å². The number of aliphatic hydroxyl groups excluding tert-OH is 2. The number of hydrogen-bond acceptors (Lipinski definition) is 2. The van der Waals surface area contributed by atoms with Crippen molar-refractivity contribution in [3.05, 3.63) is 0 Å². The van der Waals surface area contributed by atoms with Crippen LogP contribution in [0.5, 0.6) is 0 Å². The van der Waals surface area contributed by atoms with Gasteiger partial charge in [0.1, 0.15) is 0 Å². The van der Waals surface area contributed by atoms with Gasteiger partial charge in [0, 0.05) is 88.1 Å². The van der Waals surface area contributed by atoms with E-state index in [2.05, 4.69) is 20.8 Å². The summed E-state index contributed by atoms with van der Waals surface area (Å²) < 4.78 is 0. The van der Waals surface area contributed by atoms with Crippen LogP contribution in [0.15, 0.2) is 0 Å². The Labute approximate surface area is 226 Å². The summed E-state index contributed by atoms with van der Waals surface area (Å²) in [5.74, 6) is 3.68. The molecule has 8 unspecified atom stereocenters. The molecule has 0 aromatic heterocycles. The van der Waals surface area contributed by atoms with Crippen LogP contribution in [0.1, 0.15) is 78.6 Å². The van der Waals surface area contributed by atoms with Gasteiger partial charge in [0.05, 0.1) is 12.2 Å². The molecule has 4 aliphatic rings. The molecule has 2 nitrogen and oxygen atoms in total. The van der Waals surface area contributed by atoms with Gasteiger partial charge in [0.15, 0.2) is 0 Å². The molecule has 0 saturated heterocycles. The Morgan fingerprint density at radius 1 is 0.840 bits per heavy atom. The first kappa shape index (κ1) is 24.1. The molecule has 4 heteroatoms. The van der Waals surface area contributed by atoms with Gasteiger partial charge < -0.3 is 10.2 Å². The molecule has 0 amide bonds. The predicted octanol–water partition coefficient (Wildman–Crippen LogP) is 4.39. The molecule has 25 heavy (non-hydrogen) atoms. The molecular formula is C21H36Ac2O2. The third kappa shape index (κ3) is 3.81. The largest absolute Gasteiger partial charge is 0.393 e. The van der Waals surface area contributed by atoms with Gasteiger partial charge in [0.2, 0.25) is 0 Å². The third-order valence-corrected chi connectivity index (χ3v) is 9.32. The van der Waals surface area contributed by atoms with E-state index in [1.54, 1.807) is 0 Å². The van der Waals surface area contributed by atoms with E-state index >= 15 is 0 Å². The van der Waals surface area contributed by atoms with Crippen LogP contribution >= 0.6 is 0 Å². The summed E-state index contributed by atoms with van der Waals surface area (Å²) in [5.41, 5.74) is 0.839. The maximum atomic E-state index is 10.7. The molecule has 0 heterocycles. The van der Waals surface area contributed by atoms with Crippen LogP contribution in [0.4, 0.5) is 0 Å². The maximum absolute atomic E-state index is 10.7. The first-order valence-electron chi connectivity index (χ1n) is 10.3. The minimum absolute atomic E-state index is 0. The Morgan fingerprint density at radius 3 is 2.20 bits per heavy atom. The van der Waals surface area contributed by atoms with Crippen molar-refractivity contribution in [3.8, 4) is 0 Å². The molecule has 2 radical (unpaired) electrons. The summed E-state index contributed by atoms with van der Waals surface area (Å²) in [4.78, 5) is 0. The summed E-state index contributed by atoms with van der Waals surface area (Å²) in [7, 11) is 0. The monoisotopic (exact) mass is 774 g/mol. The molecule has 4 saturated carbocycles. The molecule has 0 aliphatic heterocycles. The van der Waals surface area contributed by atoms with Crippen LogP contribution < -0.4 is 0 Å². The van der Waals surface area contributed by atoms with Crippen molar-refractivity contribution in [2.75, 3.05) is 0 Å². The van der Waals surface area contributed by atoms with Crippen molar-refractivity contribution in [3.63, 3.8) is 0 Å². The first-order chi connectivity index (χ1) is 10.9. The quantitative estimate of drug-likeness (QED) is 0.416. The van der Waals surface area contributed by atoms with Crippen molar-refractivity contribution in [2.24, 2.45) is 40.4 Å². The fourth-order valence-electron chi connectivity index (χ4n) is 8.09. The van der Waals surface area contributed by atoms with Crippen LogP contribution in [0.3, 0.4) is 0 Å². The molecule has 138 valence electrons. The van der Waals surface area contributed by atoms with Crippen molar-refractivity contribution < 1.29 is 98.3 Å².